The Hall–Kier alpha value is -1.45. The number of aromatic nitrogens is 1. The van der Waals surface area contributed by atoms with E-state index in [2.05, 4.69) is 5.32 Å². The van der Waals surface area contributed by atoms with Gasteiger partial charge >= 0.3 is 0 Å². The fourth-order valence-corrected chi connectivity index (χ4v) is 1.36. The SMILES string of the molecule is CCNC(=O)c1ccn(C(C)C)c1N. The molecule has 0 aliphatic rings. The van der Waals surface area contributed by atoms with Gasteiger partial charge in [0, 0.05) is 18.8 Å². The van der Waals surface area contributed by atoms with Crippen LogP contribution in [0.1, 0.15) is 37.2 Å². The number of nitrogens with zero attached hydrogens (tertiary/aromatic N) is 1. The van der Waals surface area contributed by atoms with Crippen LogP contribution in [0.15, 0.2) is 12.3 Å². The standard InChI is InChI=1S/C10H17N3O/c1-4-12-10(14)8-5-6-13(7(2)3)9(8)11/h5-7H,4,11H2,1-3H3,(H,12,14). The summed E-state index contributed by atoms with van der Waals surface area (Å²) in [5.41, 5.74) is 6.39. The van der Waals surface area contributed by atoms with Gasteiger partial charge in [-0.05, 0) is 26.8 Å². The van der Waals surface area contributed by atoms with Crippen molar-refractivity contribution in [3.05, 3.63) is 17.8 Å². The van der Waals surface area contributed by atoms with Crippen LogP contribution in [-0.2, 0) is 0 Å². The van der Waals surface area contributed by atoms with Gasteiger partial charge in [0.25, 0.3) is 5.91 Å². The molecule has 1 aromatic rings. The summed E-state index contributed by atoms with van der Waals surface area (Å²) in [6.45, 7) is 6.55. The molecule has 0 spiro atoms. The second-order valence-corrected chi connectivity index (χ2v) is 3.48. The highest BCUT2D eigenvalue weighted by molar-refractivity contribution is 5.98. The Balaban J connectivity index is 2.95. The molecule has 0 aliphatic heterocycles. The molecule has 0 aliphatic carbocycles. The molecule has 0 unspecified atom stereocenters. The van der Waals surface area contributed by atoms with Crippen molar-refractivity contribution in [1.29, 1.82) is 0 Å². The second kappa shape index (κ2) is 4.17. The Morgan fingerprint density at radius 1 is 1.64 bits per heavy atom. The van der Waals surface area contributed by atoms with Gasteiger partial charge < -0.3 is 15.6 Å². The van der Waals surface area contributed by atoms with Crippen molar-refractivity contribution in [2.45, 2.75) is 26.8 Å². The molecule has 0 bridgehead atoms. The molecule has 0 radical (unpaired) electrons. The Morgan fingerprint density at radius 2 is 2.29 bits per heavy atom. The third-order valence-corrected chi connectivity index (χ3v) is 2.09. The number of rotatable bonds is 3. The Bertz CT molecular complexity index is 328. The van der Waals surface area contributed by atoms with E-state index in [1.807, 2.05) is 31.5 Å². The molecule has 4 heteroatoms. The van der Waals surface area contributed by atoms with E-state index in [9.17, 15) is 4.79 Å². The molecule has 78 valence electrons. The fraction of sp³-hybridized carbons (Fsp3) is 0.500. The minimum atomic E-state index is -0.107. The van der Waals surface area contributed by atoms with Crippen LogP contribution in [0.3, 0.4) is 0 Å². The van der Waals surface area contributed by atoms with Gasteiger partial charge in [0.05, 0.1) is 5.56 Å². The van der Waals surface area contributed by atoms with Crippen molar-refractivity contribution in [2.75, 3.05) is 12.3 Å². The number of amides is 1. The number of nitrogen functional groups attached to an aromatic ring is 1. The van der Waals surface area contributed by atoms with Crippen molar-refractivity contribution >= 4 is 11.7 Å². The quantitative estimate of drug-likeness (QED) is 0.766. The van der Waals surface area contributed by atoms with Gasteiger partial charge in [0.15, 0.2) is 0 Å². The molecular formula is C10H17N3O. The summed E-state index contributed by atoms with van der Waals surface area (Å²) in [7, 11) is 0. The predicted octanol–water partition coefficient (Wildman–Crippen LogP) is 1.40. The maximum atomic E-state index is 11.5. The minimum Gasteiger partial charge on any atom is -0.384 e. The van der Waals surface area contributed by atoms with Gasteiger partial charge in [-0.1, -0.05) is 0 Å². The zero-order valence-corrected chi connectivity index (χ0v) is 8.87. The molecule has 4 nitrogen and oxygen atoms in total. The van der Waals surface area contributed by atoms with E-state index in [0.717, 1.165) is 0 Å². The topological polar surface area (TPSA) is 60.0 Å². The van der Waals surface area contributed by atoms with Crippen LogP contribution in [0, 0.1) is 0 Å². The minimum absolute atomic E-state index is 0.107. The first kappa shape index (κ1) is 10.6. The van der Waals surface area contributed by atoms with Crippen molar-refractivity contribution in [3.63, 3.8) is 0 Å². The fourth-order valence-electron chi connectivity index (χ4n) is 1.36. The van der Waals surface area contributed by atoms with E-state index in [1.165, 1.54) is 0 Å². The number of hydrogen-bond donors (Lipinski definition) is 2. The largest absolute Gasteiger partial charge is 0.384 e. The summed E-state index contributed by atoms with van der Waals surface area (Å²) in [5.74, 6) is 0.426. The van der Waals surface area contributed by atoms with Crippen LogP contribution >= 0.6 is 0 Å². The third kappa shape index (κ3) is 1.89. The molecular weight excluding hydrogens is 178 g/mol. The molecule has 1 heterocycles. The Labute approximate surface area is 84.1 Å². The average molecular weight is 195 g/mol. The zero-order chi connectivity index (χ0) is 10.7. The summed E-state index contributed by atoms with van der Waals surface area (Å²) < 4.78 is 1.88. The van der Waals surface area contributed by atoms with Gasteiger partial charge in [-0.25, -0.2) is 0 Å². The number of hydrogen-bond acceptors (Lipinski definition) is 2. The molecule has 1 rings (SSSR count). The van der Waals surface area contributed by atoms with Crippen molar-refractivity contribution in [3.8, 4) is 0 Å². The number of nitrogens with two attached hydrogens (primary N) is 1. The normalized spacial score (nSPS) is 10.6. The maximum Gasteiger partial charge on any atom is 0.255 e. The van der Waals surface area contributed by atoms with Gasteiger partial charge in [0.2, 0.25) is 0 Å². The Morgan fingerprint density at radius 3 is 2.71 bits per heavy atom. The summed E-state index contributed by atoms with van der Waals surface area (Å²) in [4.78, 5) is 11.5. The van der Waals surface area contributed by atoms with Gasteiger partial charge in [-0.15, -0.1) is 0 Å². The zero-order valence-electron chi connectivity index (χ0n) is 8.87. The molecule has 0 aromatic carbocycles. The Kier molecular flexibility index (Phi) is 3.17. The molecule has 0 saturated carbocycles. The van der Waals surface area contributed by atoms with Gasteiger partial charge in [-0.2, -0.15) is 0 Å². The van der Waals surface area contributed by atoms with E-state index in [1.54, 1.807) is 6.07 Å². The molecule has 14 heavy (non-hydrogen) atoms. The third-order valence-electron chi connectivity index (χ3n) is 2.09. The van der Waals surface area contributed by atoms with Gasteiger partial charge in [-0.3, -0.25) is 4.79 Å². The van der Waals surface area contributed by atoms with Crippen LogP contribution in [-0.4, -0.2) is 17.0 Å². The van der Waals surface area contributed by atoms with Crippen LogP contribution in [0.5, 0.6) is 0 Å². The second-order valence-electron chi connectivity index (χ2n) is 3.48. The van der Waals surface area contributed by atoms with Crippen molar-refractivity contribution in [2.24, 2.45) is 0 Å². The summed E-state index contributed by atoms with van der Waals surface area (Å²) in [6.07, 6.45) is 1.84. The molecule has 3 N–H and O–H groups in total. The highest BCUT2D eigenvalue weighted by Gasteiger charge is 2.13. The first-order chi connectivity index (χ1) is 6.57. The van der Waals surface area contributed by atoms with E-state index >= 15 is 0 Å². The average Bonchev–Trinajstić information content (AvgIpc) is 2.47. The van der Waals surface area contributed by atoms with Crippen LogP contribution < -0.4 is 11.1 Å². The molecule has 1 amide bonds. The van der Waals surface area contributed by atoms with E-state index in [-0.39, 0.29) is 11.9 Å². The lowest BCUT2D eigenvalue weighted by molar-refractivity contribution is 0.0957. The smallest absolute Gasteiger partial charge is 0.255 e. The lowest BCUT2D eigenvalue weighted by Crippen LogP contribution is -2.23. The molecule has 0 fully saturated rings. The summed E-state index contributed by atoms with van der Waals surface area (Å²) in [5, 5.41) is 2.72. The number of carbonyl (C=O) groups excluding carboxylic acids is 1. The van der Waals surface area contributed by atoms with Crippen LogP contribution in [0.2, 0.25) is 0 Å². The molecule has 1 aromatic heterocycles. The lowest BCUT2D eigenvalue weighted by Gasteiger charge is -2.10. The highest BCUT2D eigenvalue weighted by Crippen LogP contribution is 2.18. The van der Waals surface area contributed by atoms with Crippen molar-refractivity contribution < 1.29 is 4.79 Å². The molecule has 0 atom stereocenters. The maximum absolute atomic E-state index is 11.5. The highest BCUT2D eigenvalue weighted by atomic mass is 16.1. The van der Waals surface area contributed by atoms with E-state index in [4.69, 9.17) is 5.73 Å². The first-order valence-corrected chi connectivity index (χ1v) is 4.82. The van der Waals surface area contributed by atoms with E-state index in [0.29, 0.717) is 17.9 Å². The van der Waals surface area contributed by atoms with E-state index < -0.39 is 0 Å². The molecule has 0 saturated heterocycles. The van der Waals surface area contributed by atoms with Crippen LogP contribution in [0.25, 0.3) is 0 Å². The summed E-state index contributed by atoms with van der Waals surface area (Å²) in [6, 6.07) is 2.03. The number of anilines is 1. The van der Waals surface area contributed by atoms with Crippen molar-refractivity contribution in [1.82, 2.24) is 9.88 Å². The predicted molar refractivity (Wildman–Crippen MR) is 57.2 cm³/mol. The monoisotopic (exact) mass is 195 g/mol. The lowest BCUT2D eigenvalue weighted by atomic mass is 10.3. The van der Waals surface area contributed by atoms with Crippen LogP contribution in [0.4, 0.5) is 5.82 Å². The number of carbonyl (C=O) groups is 1. The number of nitrogens with one attached hydrogen (secondary N) is 1. The van der Waals surface area contributed by atoms with Gasteiger partial charge in [0.1, 0.15) is 5.82 Å². The summed E-state index contributed by atoms with van der Waals surface area (Å²) >= 11 is 0. The first-order valence-electron chi connectivity index (χ1n) is 4.82.